The number of rotatable bonds is 3. The Kier molecular flexibility index (Phi) is 2.55. The Bertz CT molecular complexity index is 384. The van der Waals surface area contributed by atoms with Crippen molar-refractivity contribution in [2.45, 2.75) is 19.4 Å². The lowest BCUT2D eigenvalue weighted by molar-refractivity contribution is 0.608. The predicted molar refractivity (Wildman–Crippen MR) is 59.6 cm³/mol. The van der Waals surface area contributed by atoms with Crippen molar-refractivity contribution >= 4 is 5.52 Å². The van der Waals surface area contributed by atoms with Gasteiger partial charge in [-0.2, -0.15) is 0 Å². The lowest BCUT2D eigenvalue weighted by Gasteiger charge is -2.06. The quantitative estimate of drug-likeness (QED) is 0.780. The molecule has 1 N–H and O–H groups in total. The van der Waals surface area contributed by atoms with Gasteiger partial charge in [-0.25, -0.2) is 0 Å². The van der Waals surface area contributed by atoms with Gasteiger partial charge < -0.3 is 9.72 Å². The van der Waals surface area contributed by atoms with Crippen LogP contribution >= 0.6 is 0 Å². The second-order valence-electron chi connectivity index (χ2n) is 3.77. The van der Waals surface area contributed by atoms with E-state index in [4.69, 9.17) is 0 Å². The summed E-state index contributed by atoms with van der Waals surface area (Å²) in [6.07, 6.45) is 5.37. The molecule has 0 aliphatic heterocycles. The van der Waals surface area contributed by atoms with Gasteiger partial charge in [0.1, 0.15) is 0 Å². The van der Waals surface area contributed by atoms with Gasteiger partial charge in [-0.15, -0.1) is 0 Å². The molecule has 0 amide bonds. The minimum absolute atomic E-state index is 0.535. The zero-order valence-corrected chi connectivity index (χ0v) is 8.70. The Balaban J connectivity index is 2.27. The molecule has 0 saturated heterocycles. The first-order chi connectivity index (χ1) is 6.79. The molecule has 0 spiro atoms. The third kappa shape index (κ3) is 1.80. The molecule has 0 fully saturated rings. The number of hydrogen-bond acceptors (Lipinski definition) is 1. The fourth-order valence-electron chi connectivity index (χ4n) is 1.68. The highest BCUT2D eigenvalue weighted by molar-refractivity contribution is 5.50. The van der Waals surface area contributed by atoms with Gasteiger partial charge in [-0.3, -0.25) is 0 Å². The number of nitrogens with one attached hydrogen (secondary N) is 1. The Hall–Kier alpha value is -1.28. The lowest BCUT2D eigenvalue weighted by atomic mass is 10.1. The van der Waals surface area contributed by atoms with Crippen LogP contribution in [0.4, 0.5) is 0 Å². The summed E-state index contributed by atoms with van der Waals surface area (Å²) in [5, 5.41) is 3.25. The van der Waals surface area contributed by atoms with Gasteiger partial charge in [0.05, 0.1) is 0 Å². The first-order valence-corrected chi connectivity index (χ1v) is 5.02. The smallest absolute Gasteiger partial charge is 0.0452 e. The number of hydrogen-bond donors (Lipinski definition) is 1. The second-order valence-corrected chi connectivity index (χ2v) is 3.77. The maximum absolute atomic E-state index is 3.25. The number of aromatic nitrogens is 1. The zero-order chi connectivity index (χ0) is 9.97. The highest BCUT2D eigenvalue weighted by Gasteiger charge is 2.02. The molecular formula is C12H16N2. The molecule has 2 aromatic rings. The molecule has 2 heterocycles. The normalized spacial score (nSPS) is 13.3. The van der Waals surface area contributed by atoms with Crippen molar-refractivity contribution in [3.05, 3.63) is 42.2 Å². The van der Waals surface area contributed by atoms with E-state index in [-0.39, 0.29) is 0 Å². The van der Waals surface area contributed by atoms with E-state index in [1.54, 1.807) is 0 Å². The van der Waals surface area contributed by atoms with Crippen LogP contribution in [0.15, 0.2) is 36.7 Å². The van der Waals surface area contributed by atoms with Crippen LogP contribution in [0.2, 0.25) is 0 Å². The number of fused-ring (bicyclic) bond motifs is 1. The third-order valence-corrected chi connectivity index (χ3v) is 2.60. The highest BCUT2D eigenvalue weighted by Crippen LogP contribution is 2.11. The Morgan fingerprint density at radius 1 is 1.43 bits per heavy atom. The van der Waals surface area contributed by atoms with Gasteiger partial charge in [0.2, 0.25) is 0 Å². The zero-order valence-electron chi connectivity index (χ0n) is 8.70. The van der Waals surface area contributed by atoms with E-state index in [9.17, 15) is 0 Å². The fourth-order valence-corrected chi connectivity index (χ4v) is 1.68. The second kappa shape index (κ2) is 3.84. The standard InChI is InChI=1S/C12H16N2/c1-10(13-2)7-11-8-12-5-3-4-6-14(12)9-11/h3-6,8-10,13H,7H2,1-2H3/t10-/m0/s1. The summed E-state index contributed by atoms with van der Waals surface area (Å²) >= 11 is 0. The van der Waals surface area contributed by atoms with E-state index < -0.39 is 0 Å². The van der Waals surface area contributed by atoms with Crippen molar-refractivity contribution in [2.75, 3.05) is 7.05 Å². The Labute approximate surface area is 84.6 Å². The topological polar surface area (TPSA) is 16.4 Å². The number of nitrogens with zero attached hydrogens (tertiary/aromatic N) is 1. The average Bonchev–Trinajstić information content (AvgIpc) is 2.59. The van der Waals surface area contributed by atoms with Gasteiger partial charge >= 0.3 is 0 Å². The largest absolute Gasteiger partial charge is 0.324 e. The van der Waals surface area contributed by atoms with Crippen LogP contribution in [0.3, 0.4) is 0 Å². The summed E-state index contributed by atoms with van der Waals surface area (Å²) in [6, 6.07) is 9.03. The molecule has 0 saturated carbocycles. The van der Waals surface area contributed by atoms with Gasteiger partial charge in [0.15, 0.2) is 0 Å². The first kappa shape index (κ1) is 9.28. The van der Waals surface area contributed by atoms with Crippen LogP contribution in [0.25, 0.3) is 5.52 Å². The van der Waals surface area contributed by atoms with Crippen molar-refractivity contribution in [1.82, 2.24) is 9.72 Å². The molecule has 2 aromatic heterocycles. The summed E-state index contributed by atoms with van der Waals surface area (Å²) in [5.74, 6) is 0. The van der Waals surface area contributed by atoms with Crippen molar-refractivity contribution in [1.29, 1.82) is 0 Å². The van der Waals surface area contributed by atoms with E-state index in [0.717, 1.165) is 6.42 Å². The maximum atomic E-state index is 3.25. The van der Waals surface area contributed by atoms with E-state index in [1.807, 2.05) is 7.05 Å². The van der Waals surface area contributed by atoms with Crippen LogP contribution in [0, 0.1) is 0 Å². The number of pyridine rings is 1. The van der Waals surface area contributed by atoms with Crippen molar-refractivity contribution < 1.29 is 0 Å². The highest BCUT2D eigenvalue weighted by atomic mass is 14.9. The van der Waals surface area contributed by atoms with Crippen LogP contribution in [-0.2, 0) is 6.42 Å². The molecule has 0 aromatic carbocycles. The molecule has 0 bridgehead atoms. The fraction of sp³-hybridized carbons (Fsp3) is 0.333. The average molecular weight is 188 g/mol. The lowest BCUT2D eigenvalue weighted by Crippen LogP contribution is -2.23. The molecule has 2 rings (SSSR count). The molecule has 0 aliphatic rings. The molecular weight excluding hydrogens is 172 g/mol. The minimum atomic E-state index is 0.535. The van der Waals surface area contributed by atoms with Crippen LogP contribution in [0.5, 0.6) is 0 Å². The summed E-state index contributed by atoms with van der Waals surface area (Å²) in [7, 11) is 2.00. The number of likely N-dealkylation sites (N-methyl/N-ethyl adjacent to an activating group) is 1. The van der Waals surface area contributed by atoms with Gasteiger partial charge in [-0.1, -0.05) is 6.07 Å². The van der Waals surface area contributed by atoms with E-state index in [0.29, 0.717) is 6.04 Å². The SMILES string of the molecule is CN[C@@H](C)Cc1cc2ccccn2c1. The predicted octanol–water partition coefficient (Wildman–Crippen LogP) is 2.09. The van der Waals surface area contributed by atoms with Crippen molar-refractivity contribution in [3.63, 3.8) is 0 Å². The molecule has 74 valence electrons. The van der Waals surface area contributed by atoms with Gasteiger partial charge in [0, 0.05) is 24.0 Å². The summed E-state index contributed by atoms with van der Waals surface area (Å²) in [5.41, 5.74) is 2.66. The summed E-state index contributed by atoms with van der Waals surface area (Å²) < 4.78 is 2.16. The van der Waals surface area contributed by atoms with Crippen LogP contribution in [0.1, 0.15) is 12.5 Å². The van der Waals surface area contributed by atoms with Crippen molar-refractivity contribution in [2.24, 2.45) is 0 Å². The van der Waals surface area contributed by atoms with Crippen LogP contribution < -0.4 is 5.32 Å². The van der Waals surface area contributed by atoms with Crippen molar-refractivity contribution in [3.8, 4) is 0 Å². The Morgan fingerprint density at radius 2 is 2.29 bits per heavy atom. The van der Waals surface area contributed by atoms with E-state index in [1.165, 1.54) is 11.1 Å². The van der Waals surface area contributed by atoms with Gasteiger partial charge in [0.25, 0.3) is 0 Å². The molecule has 0 aliphatic carbocycles. The van der Waals surface area contributed by atoms with Crippen LogP contribution in [-0.4, -0.2) is 17.5 Å². The first-order valence-electron chi connectivity index (χ1n) is 5.02. The molecule has 14 heavy (non-hydrogen) atoms. The summed E-state index contributed by atoms with van der Waals surface area (Å²) in [4.78, 5) is 0. The third-order valence-electron chi connectivity index (χ3n) is 2.60. The minimum Gasteiger partial charge on any atom is -0.324 e. The molecule has 1 atom stereocenters. The molecule has 2 nitrogen and oxygen atoms in total. The van der Waals surface area contributed by atoms with Gasteiger partial charge in [-0.05, 0) is 44.2 Å². The molecule has 2 heteroatoms. The maximum Gasteiger partial charge on any atom is 0.0452 e. The monoisotopic (exact) mass is 188 g/mol. The van der Waals surface area contributed by atoms with E-state index in [2.05, 4.69) is 53.3 Å². The molecule has 0 unspecified atom stereocenters. The molecule has 0 radical (unpaired) electrons. The van der Waals surface area contributed by atoms with E-state index >= 15 is 0 Å². The Morgan fingerprint density at radius 3 is 3.00 bits per heavy atom. The summed E-state index contributed by atoms with van der Waals surface area (Å²) in [6.45, 7) is 2.20.